The van der Waals surface area contributed by atoms with Gasteiger partial charge in [-0.3, -0.25) is 4.79 Å². The largest absolute Gasteiger partial charge is 0.394 e. The second-order valence-electron chi connectivity index (χ2n) is 14.7. The SMILES string of the molecule is CC(=O)N[C@H]1[C@H](O[C@H]2[C@@H](O)[C@@H](CO)O[C@@H](O[C@H]3[C@H](O)[C@@H](O)C(O)O[C@@H]3CO)[C@@H]2O)O[C@H](CO)[C@@H](O[C@H]2O[C@H](C)[C@H](O)[C@H](O)[C@H]2O)[C@@H]1O[C@@H]1O[C@H](CO)[C@H](O)[C@H](O)[C@H]1O. The third-order valence-corrected chi connectivity index (χ3v) is 10.7. The van der Waals surface area contributed by atoms with Crippen LogP contribution in [0.25, 0.3) is 0 Å². The monoisotopic (exact) mass is 853 g/mol. The van der Waals surface area contributed by atoms with Crippen LogP contribution in [0, 0.1) is 0 Å². The molecule has 5 saturated heterocycles. The van der Waals surface area contributed by atoms with E-state index in [1.54, 1.807) is 0 Å². The summed E-state index contributed by atoms with van der Waals surface area (Å²) in [4.78, 5) is 12.8. The molecule has 1 amide bonds. The highest BCUT2D eigenvalue weighted by Gasteiger charge is 2.57. The minimum Gasteiger partial charge on any atom is -0.394 e. The van der Waals surface area contributed by atoms with Crippen LogP contribution in [0.4, 0.5) is 0 Å². The molecule has 0 radical (unpaired) electrons. The molecule has 1 unspecified atom stereocenters. The van der Waals surface area contributed by atoms with Crippen molar-refractivity contribution in [1.82, 2.24) is 5.32 Å². The van der Waals surface area contributed by atoms with Crippen LogP contribution in [0.1, 0.15) is 13.8 Å². The lowest BCUT2D eigenvalue weighted by Gasteiger charge is -2.51. The van der Waals surface area contributed by atoms with Crippen molar-refractivity contribution < 1.29 is 124 Å². The van der Waals surface area contributed by atoms with Crippen LogP contribution in [0.3, 0.4) is 0 Å². The fourth-order valence-corrected chi connectivity index (χ4v) is 7.37. The number of hydrogen-bond donors (Lipinski definition) is 16. The summed E-state index contributed by atoms with van der Waals surface area (Å²) >= 11 is 0. The maximum absolute atomic E-state index is 12.8. The van der Waals surface area contributed by atoms with Gasteiger partial charge in [0, 0.05) is 6.92 Å². The normalized spacial score (nSPS) is 51.6. The van der Waals surface area contributed by atoms with Gasteiger partial charge in [0.15, 0.2) is 31.5 Å². The van der Waals surface area contributed by atoms with E-state index in [0.29, 0.717) is 0 Å². The molecule has 0 aliphatic carbocycles. The van der Waals surface area contributed by atoms with Crippen molar-refractivity contribution in [3.8, 4) is 0 Å². The summed E-state index contributed by atoms with van der Waals surface area (Å²) in [5, 5.41) is 159. The van der Waals surface area contributed by atoms with Gasteiger partial charge in [-0.25, -0.2) is 0 Å². The van der Waals surface area contributed by atoms with E-state index in [4.69, 9.17) is 42.6 Å². The molecule has 0 aromatic carbocycles. The number of amides is 1. The average molecular weight is 854 g/mol. The van der Waals surface area contributed by atoms with Crippen LogP contribution in [-0.4, -0.2) is 262 Å². The van der Waals surface area contributed by atoms with Crippen molar-refractivity contribution in [2.45, 2.75) is 167 Å². The van der Waals surface area contributed by atoms with Gasteiger partial charge in [0.1, 0.15) is 116 Å². The Morgan fingerprint density at radius 2 is 0.897 bits per heavy atom. The lowest BCUT2D eigenvalue weighted by atomic mass is 9.93. The van der Waals surface area contributed by atoms with E-state index in [1.807, 2.05) is 0 Å². The average Bonchev–Trinajstić information content (AvgIpc) is 3.19. The number of hydrogen-bond acceptors (Lipinski definition) is 25. The smallest absolute Gasteiger partial charge is 0.217 e. The quantitative estimate of drug-likeness (QED) is 0.0818. The van der Waals surface area contributed by atoms with E-state index >= 15 is 0 Å². The summed E-state index contributed by atoms with van der Waals surface area (Å²) in [6.07, 6.45) is -43.6. The first-order chi connectivity index (χ1) is 27.4. The van der Waals surface area contributed by atoms with Crippen molar-refractivity contribution in [2.75, 3.05) is 26.4 Å². The Morgan fingerprint density at radius 1 is 0.448 bits per heavy atom. The molecule has 58 heavy (non-hydrogen) atoms. The summed E-state index contributed by atoms with van der Waals surface area (Å²) in [6.45, 7) is -1.37. The number of aliphatic hydroxyl groups excluding tert-OH is 15. The Bertz CT molecular complexity index is 1300. The summed E-state index contributed by atoms with van der Waals surface area (Å²) in [5.41, 5.74) is 0. The third-order valence-electron chi connectivity index (χ3n) is 10.7. The van der Waals surface area contributed by atoms with Crippen LogP contribution in [0.5, 0.6) is 0 Å². The molecule has 0 bridgehead atoms. The zero-order valence-electron chi connectivity index (χ0n) is 31.1. The second-order valence-corrected chi connectivity index (χ2v) is 14.7. The molecule has 26 heteroatoms. The van der Waals surface area contributed by atoms with Crippen molar-refractivity contribution in [2.24, 2.45) is 0 Å². The number of carbonyl (C=O) groups is 1. The van der Waals surface area contributed by atoms with Crippen molar-refractivity contribution >= 4 is 5.91 Å². The van der Waals surface area contributed by atoms with Crippen LogP contribution in [-0.2, 0) is 47.4 Å². The first-order valence-corrected chi connectivity index (χ1v) is 18.5. The Hall–Kier alpha value is -1.49. The van der Waals surface area contributed by atoms with E-state index in [2.05, 4.69) is 5.32 Å². The zero-order chi connectivity index (χ0) is 42.9. The molecule has 0 aromatic heterocycles. The summed E-state index contributed by atoms with van der Waals surface area (Å²) < 4.78 is 51.4. The zero-order valence-corrected chi connectivity index (χ0v) is 31.1. The molecule has 338 valence electrons. The lowest BCUT2D eigenvalue weighted by Crippen LogP contribution is -2.71. The Labute approximate surface area is 329 Å². The van der Waals surface area contributed by atoms with E-state index in [-0.39, 0.29) is 0 Å². The minimum absolute atomic E-state index is 0.837. The van der Waals surface area contributed by atoms with E-state index in [9.17, 15) is 81.4 Å². The molecular formula is C32H55NO25. The van der Waals surface area contributed by atoms with Crippen molar-refractivity contribution in [3.05, 3.63) is 0 Å². The highest BCUT2D eigenvalue weighted by molar-refractivity contribution is 5.73. The maximum Gasteiger partial charge on any atom is 0.217 e. The molecule has 0 spiro atoms. The topological polar surface area (TPSA) is 416 Å². The Balaban J connectivity index is 1.50. The van der Waals surface area contributed by atoms with Gasteiger partial charge in [-0.05, 0) is 6.92 Å². The molecule has 0 saturated carbocycles. The molecule has 26 nitrogen and oxygen atoms in total. The molecule has 5 rings (SSSR count). The van der Waals surface area contributed by atoms with Gasteiger partial charge in [0.25, 0.3) is 0 Å². The number of carbonyl (C=O) groups excluding carboxylic acids is 1. The van der Waals surface area contributed by atoms with Crippen LogP contribution < -0.4 is 5.32 Å². The number of nitrogens with one attached hydrogen (secondary N) is 1. The van der Waals surface area contributed by atoms with E-state index in [0.717, 1.165) is 6.92 Å². The molecular weight excluding hydrogens is 798 g/mol. The second kappa shape index (κ2) is 20.1. The predicted octanol–water partition coefficient (Wildman–Crippen LogP) is -10.8. The van der Waals surface area contributed by atoms with Gasteiger partial charge >= 0.3 is 0 Å². The fourth-order valence-electron chi connectivity index (χ4n) is 7.37. The summed E-state index contributed by atoms with van der Waals surface area (Å²) in [7, 11) is 0. The van der Waals surface area contributed by atoms with Gasteiger partial charge in [-0.15, -0.1) is 0 Å². The predicted molar refractivity (Wildman–Crippen MR) is 177 cm³/mol. The van der Waals surface area contributed by atoms with Crippen molar-refractivity contribution in [3.63, 3.8) is 0 Å². The standard InChI is InChI=1S/C32H55NO25/c1-7-14(39)17(42)21(46)30(50-7)56-25-12(6-37)54-29(13(33-8(2)38)26(25)57-31-22(47)18(43)15(40)9(3-34)52-31)58-27-16(41)10(4-35)53-32(23(27)48)55-24-11(5-36)51-28(49)20(45)19(24)44/h7,9-32,34-37,39-49H,3-6H2,1-2H3,(H,33,38)/t7-,9-,10-,11-,12-,13-,14+,15+,16+,17+,18+,19-,20-,21-,22-,23-,24-,25-,26-,27+,28?,29+,30-,31+,32+/m1/s1. The highest BCUT2D eigenvalue weighted by Crippen LogP contribution is 2.36. The lowest BCUT2D eigenvalue weighted by molar-refractivity contribution is -0.391. The summed E-state index contributed by atoms with van der Waals surface area (Å²) in [6, 6.07) is -1.75. The van der Waals surface area contributed by atoms with Crippen molar-refractivity contribution in [1.29, 1.82) is 0 Å². The van der Waals surface area contributed by atoms with E-state index in [1.165, 1.54) is 6.92 Å². The molecule has 16 N–H and O–H groups in total. The first-order valence-electron chi connectivity index (χ1n) is 18.5. The fraction of sp³-hybridized carbons (Fsp3) is 0.969. The molecule has 25 atom stereocenters. The minimum atomic E-state index is -2.12. The van der Waals surface area contributed by atoms with Gasteiger partial charge in [-0.1, -0.05) is 0 Å². The van der Waals surface area contributed by atoms with Crippen LogP contribution in [0.15, 0.2) is 0 Å². The van der Waals surface area contributed by atoms with E-state index < -0.39 is 186 Å². The van der Waals surface area contributed by atoms with Gasteiger partial charge in [0.05, 0.1) is 32.5 Å². The molecule has 5 aliphatic heterocycles. The van der Waals surface area contributed by atoms with Gasteiger partial charge in [-0.2, -0.15) is 0 Å². The summed E-state index contributed by atoms with van der Waals surface area (Å²) in [5.74, 6) is -0.837. The van der Waals surface area contributed by atoms with Gasteiger partial charge < -0.3 is 125 Å². The van der Waals surface area contributed by atoms with Gasteiger partial charge in [0.2, 0.25) is 5.91 Å². The number of rotatable bonds is 13. The number of aliphatic hydroxyl groups is 15. The number of ether oxygens (including phenoxy) is 9. The van der Waals surface area contributed by atoms with Crippen LogP contribution >= 0.6 is 0 Å². The molecule has 5 aliphatic rings. The van der Waals surface area contributed by atoms with Crippen LogP contribution in [0.2, 0.25) is 0 Å². The Kier molecular flexibility index (Phi) is 16.5. The molecule has 0 aromatic rings. The maximum atomic E-state index is 12.8. The molecule has 5 heterocycles. The molecule has 5 fully saturated rings. The first kappa shape index (κ1) is 47.6. The Morgan fingerprint density at radius 3 is 1.47 bits per heavy atom. The third kappa shape index (κ3) is 9.75. The highest BCUT2D eigenvalue weighted by atomic mass is 16.8.